The molecule has 19 heavy (non-hydrogen) atoms. The number of nitro groups is 1. The largest absolute Gasteiger partial charge is 0.494 e. The van der Waals surface area contributed by atoms with Crippen molar-refractivity contribution in [1.29, 1.82) is 0 Å². The lowest BCUT2D eigenvalue weighted by molar-refractivity contribution is -0.384. The number of hydrogen-bond donors (Lipinski definition) is 1. The summed E-state index contributed by atoms with van der Waals surface area (Å²) in [5.41, 5.74) is 1.88. The molecule has 0 bridgehead atoms. The standard InChI is InChI=1S/C13H15N3O3/c1-15-6-5-10(9-15)8-14-12-4-3-11(16(17)18)7-13(12)19-2/h3-7,9,14H,8H2,1-2H3. The molecule has 0 saturated heterocycles. The molecule has 2 aromatic rings. The smallest absolute Gasteiger partial charge is 0.273 e. The van der Waals surface area contributed by atoms with Gasteiger partial charge in [0.2, 0.25) is 0 Å². The summed E-state index contributed by atoms with van der Waals surface area (Å²) in [5, 5.41) is 13.9. The van der Waals surface area contributed by atoms with Gasteiger partial charge in [-0.25, -0.2) is 0 Å². The summed E-state index contributed by atoms with van der Waals surface area (Å²) in [5.74, 6) is 0.463. The Morgan fingerprint density at radius 2 is 2.21 bits per heavy atom. The molecule has 0 radical (unpaired) electrons. The van der Waals surface area contributed by atoms with Crippen LogP contribution in [-0.2, 0) is 13.6 Å². The van der Waals surface area contributed by atoms with E-state index in [2.05, 4.69) is 5.32 Å². The van der Waals surface area contributed by atoms with Crippen LogP contribution in [0.4, 0.5) is 11.4 Å². The number of anilines is 1. The molecule has 0 aliphatic carbocycles. The molecule has 0 amide bonds. The number of nitrogens with zero attached hydrogens (tertiary/aromatic N) is 2. The van der Waals surface area contributed by atoms with Crippen molar-refractivity contribution in [2.24, 2.45) is 7.05 Å². The quantitative estimate of drug-likeness (QED) is 0.663. The topological polar surface area (TPSA) is 69.3 Å². The number of aryl methyl sites for hydroxylation is 1. The maximum absolute atomic E-state index is 10.7. The van der Waals surface area contributed by atoms with Crippen molar-refractivity contribution in [3.05, 3.63) is 52.3 Å². The van der Waals surface area contributed by atoms with Gasteiger partial charge in [-0.05, 0) is 17.7 Å². The highest BCUT2D eigenvalue weighted by Gasteiger charge is 2.11. The molecule has 1 aromatic carbocycles. The van der Waals surface area contributed by atoms with Gasteiger partial charge in [-0.15, -0.1) is 0 Å². The van der Waals surface area contributed by atoms with E-state index in [9.17, 15) is 10.1 Å². The van der Waals surface area contributed by atoms with E-state index in [0.29, 0.717) is 12.3 Å². The molecule has 0 aliphatic heterocycles. The first-order chi connectivity index (χ1) is 9.10. The van der Waals surface area contributed by atoms with Gasteiger partial charge in [0.1, 0.15) is 5.75 Å². The van der Waals surface area contributed by atoms with E-state index in [1.165, 1.54) is 19.2 Å². The molecular weight excluding hydrogens is 246 g/mol. The van der Waals surface area contributed by atoms with Crippen molar-refractivity contribution in [2.75, 3.05) is 12.4 Å². The number of benzene rings is 1. The Morgan fingerprint density at radius 3 is 2.79 bits per heavy atom. The molecule has 0 fully saturated rings. The Bertz CT molecular complexity index is 593. The van der Waals surface area contributed by atoms with Gasteiger partial charge in [-0.1, -0.05) is 0 Å². The maximum atomic E-state index is 10.7. The molecular formula is C13H15N3O3. The number of rotatable bonds is 5. The predicted molar refractivity (Wildman–Crippen MR) is 72.4 cm³/mol. The summed E-state index contributed by atoms with van der Waals surface area (Å²) in [6.45, 7) is 0.634. The second-order valence-electron chi connectivity index (χ2n) is 4.18. The van der Waals surface area contributed by atoms with Crippen LogP contribution in [0.3, 0.4) is 0 Å². The minimum Gasteiger partial charge on any atom is -0.494 e. The summed E-state index contributed by atoms with van der Waals surface area (Å²) < 4.78 is 7.12. The van der Waals surface area contributed by atoms with Crippen molar-refractivity contribution in [3.8, 4) is 5.75 Å². The van der Waals surface area contributed by atoms with Gasteiger partial charge in [0.05, 0.1) is 23.8 Å². The highest BCUT2D eigenvalue weighted by molar-refractivity contribution is 5.60. The SMILES string of the molecule is COc1cc([N+](=O)[O-])ccc1NCc1ccn(C)c1. The first kappa shape index (κ1) is 12.9. The minimum absolute atomic E-state index is 0.0158. The highest BCUT2D eigenvalue weighted by atomic mass is 16.6. The Hall–Kier alpha value is -2.50. The summed E-state index contributed by atoms with van der Waals surface area (Å²) in [7, 11) is 3.45. The van der Waals surface area contributed by atoms with Crippen molar-refractivity contribution in [3.63, 3.8) is 0 Å². The third kappa shape index (κ3) is 3.04. The van der Waals surface area contributed by atoms with Gasteiger partial charge in [0, 0.05) is 32.1 Å². The summed E-state index contributed by atoms with van der Waals surface area (Å²) in [6.07, 6.45) is 3.97. The van der Waals surface area contributed by atoms with Crippen molar-refractivity contribution in [1.82, 2.24) is 4.57 Å². The second kappa shape index (κ2) is 5.43. The van der Waals surface area contributed by atoms with Crippen LogP contribution in [0.5, 0.6) is 5.75 Å². The number of non-ortho nitro benzene ring substituents is 1. The molecule has 0 aliphatic rings. The minimum atomic E-state index is -0.441. The third-order valence-electron chi connectivity index (χ3n) is 2.77. The number of ether oxygens (including phenoxy) is 1. The lowest BCUT2D eigenvalue weighted by atomic mass is 10.2. The van der Waals surface area contributed by atoms with Gasteiger partial charge in [0.15, 0.2) is 0 Å². The number of nitro benzene ring substituents is 1. The Morgan fingerprint density at radius 1 is 1.42 bits per heavy atom. The molecule has 0 saturated carbocycles. The number of hydrogen-bond acceptors (Lipinski definition) is 4. The Labute approximate surface area is 110 Å². The van der Waals surface area contributed by atoms with Crippen LogP contribution >= 0.6 is 0 Å². The van der Waals surface area contributed by atoms with Crippen LogP contribution in [0, 0.1) is 10.1 Å². The molecule has 1 N–H and O–H groups in total. The van der Waals surface area contributed by atoms with E-state index in [-0.39, 0.29) is 5.69 Å². The fourth-order valence-corrected chi connectivity index (χ4v) is 1.80. The number of nitrogens with one attached hydrogen (secondary N) is 1. The van der Waals surface area contributed by atoms with Crippen LogP contribution in [0.2, 0.25) is 0 Å². The van der Waals surface area contributed by atoms with Crippen molar-refractivity contribution >= 4 is 11.4 Å². The lowest BCUT2D eigenvalue weighted by Crippen LogP contribution is -2.01. The average molecular weight is 261 g/mol. The fraction of sp³-hybridized carbons (Fsp3) is 0.231. The van der Waals surface area contributed by atoms with E-state index >= 15 is 0 Å². The van der Waals surface area contributed by atoms with Crippen LogP contribution in [-0.4, -0.2) is 16.6 Å². The molecule has 2 rings (SSSR count). The molecule has 1 heterocycles. The first-order valence-electron chi connectivity index (χ1n) is 5.77. The molecule has 1 aromatic heterocycles. The maximum Gasteiger partial charge on any atom is 0.273 e. The van der Waals surface area contributed by atoms with Crippen LogP contribution in [0.15, 0.2) is 36.7 Å². The monoisotopic (exact) mass is 261 g/mol. The van der Waals surface area contributed by atoms with Gasteiger partial charge < -0.3 is 14.6 Å². The zero-order valence-corrected chi connectivity index (χ0v) is 10.8. The van der Waals surface area contributed by atoms with E-state index in [4.69, 9.17) is 4.74 Å². The summed E-state index contributed by atoms with van der Waals surface area (Å²) >= 11 is 0. The molecule has 0 atom stereocenters. The average Bonchev–Trinajstić information content (AvgIpc) is 2.81. The molecule has 6 nitrogen and oxygen atoms in total. The van der Waals surface area contributed by atoms with E-state index in [0.717, 1.165) is 11.3 Å². The van der Waals surface area contributed by atoms with E-state index in [1.54, 1.807) is 6.07 Å². The zero-order chi connectivity index (χ0) is 13.8. The molecule has 0 unspecified atom stereocenters. The van der Waals surface area contributed by atoms with Crippen LogP contribution in [0.25, 0.3) is 0 Å². The summed E-state index contributed by atoms with van der Waals surface area (Å²) in [6, 6.07) is 6.52. The predicted octanol–water partition coefficient (Wildman–Crippen LogP) is 2.55. The van der Waals surface area contributed by atoms with Crippen LogP contribution < -0.4 is 10.1 Å². The summed E-state index contributed by atoms with van der Waals surface area (Å²) in [4.78, 5) is 10.2. The third-order valence-corrected chi connectivity index (χ3v) is 2.77. The van der Waals surface area contributed by atoms with E-state index in [1.807, 2.05) is 30.1 Å². The molecule has 100 valence electrons. The van der Waals surface area contributed by atoms with Gasteiger partial charge in [0.25, 0.3) is 5.69 Å². The normalized spacial score (nSPS) is 10.2. The van der Waals surface area contributed by atoms with E-state index < -0.39 is 4.92 Å². The molecule has 6 heteroatoms. The van der Waals surface area contributed by atoms with Crippen molar-refractivity contribution < 1.29 is 9.66 Å². The molecule has 0 spiro atoms. The highest BCUT2D eigenvalue weighted by Crippen LogP contribution is 2.29. The lowest BCUT2D eigenvalue weighted by Gasteiger charge is -2.10. The first-order valence-corrected chi connectivity index (χ1v) is 5.77. The fourth-order valence-electron chi connectivity index (χ4n) is 1.80. The van der Waals surface area contributed by atoms with Crippen LogP contribution in [0.1, 0.15) is 5.56 Å². The zero-order valence-electron chi connectivity index (χ0n) is 10.8. The number of methoxy groups -OCH3 is 1. The number of aromatic nitrogens is 1. The van der Waals surface area contributed by atoms with Gasteiger partial charge in [-0.3, -0.25) is 10.1 Å². The van der Waals surface area contributed by atoms with Gasteiger partial charge in [-0.2, -0.15) is 0 Å². The Balaban J connectivity index is 2.13. The van der Waals surface area contributed by atoms with Gasteiger partial charge >= 0.3 is 0 Å². The second-order valence-corrected chi connectivity index (χ2v) is 4.18. The van der Waals surface area contributed by atoms with Crippen molar-refractivity contribution in [2.45, 2.75) is 6.54 Å². The Kier molecular flexibility index (Phi) is 3.70.